The molecule has 1 amide bonds. The van der Waals surface area contributed by atoms with E-state index in [0.717, 1.165) is 25.2 Å². The van der Waals surface area contributed by atoms with Crippen LogP contribution in [0, 0.1) is 5.82 Å². The van der Waals surface area contributed by atoms with Crippen LogP contribution in [0.4, 0.5) is 4.39 Å². The zero-order chi connectivity index (χ0) is 20.9. The van der Waals surface area contributed by atoms with Gasteiger partial charge in [0.15, 0.2) is 5.76 Å². The van der Waals surface area contributed by atoms with Gasteiger partial charge in [-0.2, -0.15) is 0 Å². The number of carbonyl (C=O) groups excluding carboxylic acids is 1. The summed E-state index contributed by atoms with van der Waals surface area (Å²) in [6.07, 6.45) is 0. The summed E-state index contributed by atoms with van der Waals surface area (Å²) in [6, 6.07) is 17.2. The fourth-order valence-electron chi connectivity index (χ4n) is 3.39. The van der Waals surface area contributed by atoms with Crippen molar-refractivity contribution in [2.45, 2.75) is 13.2 Å². The molecule has 0 bridgehead atoms. The molecule has 0 radical (unpaired) electrons. The van der Waals surface area contributed by atoms with E-state index in [9.17, 15) is 9.18 Å². The van der Waals surface area contributed by atoms with E-state index in [2.05, 4.69) is 4.90 Å². The zero-order valence-corrected chi connectivity index (χ0v) is 17.1. The topological polar surface area (TPSA) is 45.9 Å². The molecule has 1 saturated heterocycles. The number of nitrogens with zero attached hydrogens (tertiary/aromatic N) is 2. The fraction of sp³-hybridized carbons (Fsp3) is 0.261. The van der Waals surface area contributed by atoms with Crippen molar-refractivity contribution in [3.63, 3.8) is 0 Å². The maximum atomic E-state index is 13.0. The van der Waals surface area contributed by atoms with E-state index in [4.69, 9.17) is 20.8 Å². The minimum Gasteiger partial charge on any atom is -0.484 e. The van der Waals surface area contributed by atoms with Gasteiger partial charge in [-0.25, -0.2) is 4.39 Å². The van der Waals surface area contributed by atoms with Crippen molar-refractivity contribution in [3.8, 4) is 5.75 Å². The molecule has 5 nitrogen and oxygen atoms in total. The summed E-state index contributed by atoms with van der Waals surface area (Å²) in [5, 5.41) is 0.527. The van der Waals surface area contributed by atoms with Crippen molar-refractivity contribution in [3.05, 3.63) is 88.6 Å². The van der Waals surface area contributed by atoms with Gasteiger partial charge in [-0.15, -0.1) is 0 Å². The molecule has 2 aromatic carbocycles. The van der Waals surface area contributed by atoms with Gasteiger partial charge in [0.25, 0.3) is 5.91 Å². The van der Waals surface area contributed by atoms with Crippen molar-refractivity contribution in [1.29, 1.82) is 0 Å². The van der Waals surface area contributed by atoms with Crippen molar-refractivity contribution in [2.24, 2.45) is 0 Å². The SMILES string of the molecule is O=C(c1ccc(COc2ccccc2Cl)o1)N1CCN(Cc2ccc(F)cc2)CC1. The number of para-hydroxylation sites is 1. The monoisotopic (exact) mass is 428 g/mol. The predicted octanol–water partition coefficient (Wildman–Crippen LogP) is 4.61. The number of hydrogen-bond acceptors (Lipinski definition) is 4. The number of halogens is 2. The molecule has 30 heavy (non-hydrogen) atoms. The summed E-state index contributed by atoms with van der Waals surface area (Å²) >= 11 is 6.08. The molecule has 2 heterocycles. The van der Waals surface area contributed by atoms with Crippen LogP contribution in [0.3, 0.4) is 0 Å². The summed E-state index contributed by atoms with van der Waals surface area (Å²) in [4.78, 5) is 16.8. The summed E-state index contributed by atoms with van der Waals surface area (Å²) < 4.78 is 24.4. The highest BCUT2D eigenvalue weighted by atomic mass is 35.5. The molecule has 1 aliphatic heterocycles. The molecule has 4 rings (SSSR count). The van der Waals surface area contributed by atoms with E-state index in [1.54, 1.807) is 41.3 Å². The lowest BCUT2D eigenvalue weighted by atomic mass is 10.2. The Morgan fingerprint density at radius 3 is 2.47 bits per heavy atom. The molecule has 3 aromatic rings. The van der Waals surface area contributed by atoms with Gasteiger partial charge in [0.05, 0.1) is 5.02 Å². The van der Waals surface area contributed by atoms with E-state index in [0.29, 0.717) is 35.4 Å². The largest absolute Gasteiger partial charge is 0.484 e. The predicted molar refractivity (Wildman–Crippen MR) is 112 cm³/mol. The minimum absolute atomic E-state index is 0.125. The highest BCUT2D eigenvalue weighted by molar-refractivity contribution is 6.32. The Hall–Kier alpha value is -2.83. The van der Waals surface area contributed by atoms with Gasteiger partial charge in [-0.05, 0) is 42.0 Å². The molecule has 0 spiro atoms. The molecule has 0 aliphatic carbocycles. The number of hydrogen-bond donors (Lipinski definition) is 0. The number of amides is 1. The molecule has 0 unspecified atom stereocenters. The molecule has 1 aliphatic rings. The third kappa shape index (κ3) is 5.01. The van der Waals surface area contributed by atoms with Crippen LogP contribution in [0.15, 0.2) is 65.1 Å². The van der Waals surface area contributed by atoms with Gasteiger partial charge >= 0.3 is 0 Å². The first kappa shape index (κ1) is 20.4. The molecule has 156 valence electrons. The van der Waals surface area contributed by atoms with Crippen LogP contribution in [-0.4, -0.2) is 41.9 Å². The van der Waals surface area contributed by atoms with E-state index < -0.39 is 0 Å². The van der Waals surface area contributed by atoms with E-state index in [1.807, 2.05) is 12.1 Å². The van der Waals surface area contributed by atoms with Crippen molar-refractivity contribution in [2.75, 3.05) is 26.2 Å². The molecule has 0 N–H and O–H groups in total. The average Bonchev–Trinajstić information content (AvgIpc) is 3.24. The Kier molecular flexibility index (Phi) is 6.35. The van der Waals surface area contributed by atoms with Gasteiger partial charge in [-0.1, -0.05) is 35.9 Å². The highest BCUT2D eigenvalue weighted by Crippen LogP contribution is 2.24. The lowest BCUT2D eigenvalue weighted by molar-refractivity contribution is 0.0594. The summed E-state index contributed by atoms with van der Waals surface area (Å²) in [5.41, 5.74) is 1.06. The molecule has 7 heteroatoms. The standard InChI is InChI=1S/C23H22ClFN2O3/c24-20-3-1-2-4-21(20)29-16-19-9-10-22(30-19)23(28)27-13-11-26(12-14-27)15-17-5-7-18(25)8-6-17/h1-10H,11-16H2. The molecule has 0 atom stereocenters. The second-order valence-electron chi connectivity index (χ2n) is 7.18. The average molecular weight is 429 g/mol. The zero-order valence-electron chi connectivity index (χ0n) is 16.4. The quantitative estimate of drug-likeness (QED) is 0.575. The Balaban J connectivity index is 1.28. The third-order valence-electron chi connectivity index (χ3n) is 5.06. The van der Waals surface area contributed by atoms with Crippen LogP contribution in [0.25, 0.3) is 0 Å². The number of benzene rings is 2. The van der Waals surface area contributed by atoms with Gasteiger partial charge in [-0.3, -0.25) is 9.69 Å². The van der Waals surface area contributed by atoms with E-state index in [-0.39, 0.29) is 18.3 Å². The number of furan rings is 1. The van der Waals surface area contributed by atoms with Gasteiger partial charge in [0.1, 0.15) is 23.9 Å². The normalized spacial score (nSPS) is 14.7. The molecule has 1 aromatic heterocycles. The van der Waals surface area contributed by atoms with Crippen LogP contribution in [0.1, 0.15) is 21.9 Å². The molecular formula is C23H22ClFN2O3. The molecule has 0 saturated carbocycles. The second kappa shape index (κ2) is 9.32. The first-order valence-corrected chi connectivity index (χ1v) is 10.2. The van der Waals surface area contributed by atoms with Crippen LogP contribution in [-0.2, 0) is 13.2 Å². The Bertz CT molecular complexity index is 998. The van der Waals surface area contributed by atoms with Crippen LogP contribution in [0.2, 0.25) is 5.02 Å². The number of ether oxygens (including phenoxy) is 1. The van der Waals surface area contributed by atoms with Gasteiger partial charge in [0, 0.05) is 32.7 Å². The van der Waals surface area contributed by atoms with Crippen LogP contribution in [0.5, 0.6) is 5.75 Å². The van der Waals surface area contributed by atoms with E-state index in [1.165, 1.54) is 12.1 Å². The Morgan fingerprint density at radius 1 is 1.00 bits per heavy atom. The van der Waals surface area contributed by atoms with Crippen molar-refractivity contribution >= 4 is 17.5 Å². The van der Waals surface area contributed by atoms with Crippen molar-refractivity contribution in [1.82, 2.24) is 9.80 Å². The maximum Gasteiger partial charge on any atom is 0.289 e. The second-order valence-corrected chi connectivity index (χ2v) is 7.59. The first-order chi connectivity index (χ1) is 14.6. The van der Waals surface area contributed by atoms with Crippen molar-refractivity contribution < 1.29 is 18.3 Å². The number of piperazine rings is 1. The number of carbonyl (C=O) groups is 1. The summed E-state index contributed by atoms with van der Waals surface area (Å²) in [6.45, 7) is 3.69. The number of rotatable bonds is 6. The third-order valence-corrected chi connectivity index (χ3v) is 5.37. The Morgan fingerprint density at radius 2 is 1.73 bits per heavy atom. The van der Waals surface area contributed by atoms with Gasteiger partial charge < -0.3 is 14.1 Å². The van der Waals surface area contributed by atoms with E-state index >= 15 is 0 Å². The lowest BCUT2D eigenvalue weighted by Gasteiger charge is -2.34. The molecule has 1 fully saturated rings. The van der Waals surface area contributed by atoms with Crippen LogP contribution < -0.4 is 4.74 Å². The summed E-state index contributed by atoms with van der Waals surface area (Å²) in [5.74, 6) is 1.08. The van der Waals surface area contributed by atoms with Crippen LogP contribution >= 0.6 is 11.6 Å². The van der Waals surface area contributed by atoms with Gasteiger partial charge in [0.2, 0.25) is 0 Å². The maximum absolute atomic E-state index is 13.0. The fourth-order valence-corrected chi connectivity index (χ4v) is 3.58. The summed E-state index contributed by atoms with van der Waals surface area (Å²) in [7, 11) is 0. The first-order valence-electron chi connectivity index (χ1n) is 9.80. The molecular weight excluding hydrogens is 407 g/mol. The highest BCUT2D eigenvalue weighted by Gasteiger charge is 2.24. The Labute approximate surface area is 179 Å². The smallest absolute Gasteiger partial charge is 0.289 e. The minimum atomic E-state index is -0.232. The lowest BCUT2D eigenvalue weighted by Crippen LogP contribution is -2.48.